The molecule has 0 aliphatic rings. The fraction of sp³-hybridized carbons (Fsp3) is 0.136. The topological polar surface area (TPSA) is 17.1 Å². The van der Waals surface area contributed by atoms with Crippen molar-refractivity contribution < 1.29 is 4.79 Å². The summed E-state index contributed by atoms with van der Waals surface area (Å²) in [6, 6.07) is 24.2. The minimum absolute atomic E-state index is 0.157. The van der Waals surface area contributed by atoms with E-state index in [1.807, 2.05) is 42.5 Å². The van der Waals surface area contributed by atoms with Crippen LogP contribution in [-0.2, 0) is 6.42 Å². The zero-order valence-corrected chi connectivity index (χ0v) is 13.5. The van der Waals surface area contributed by atoms with E-state index in [9.17, 15) is 4.79 Å². The third-order valence-corrected chi connectivity index (χ3v) is 4.25. The van der Waals surface area contributed by atoms with Crippen molar-refractivity contribution in [2.45, 2.75) is 20.3 Å². The highest BCUT2D eigenvalue weighted by atomic mass is 16.1. The molecule has 0 N–H and O–H groups in total. The molecule has 0 aliphatic heterocycles. The van der Waals surface area contributed by atoms with Crippen LogP contribution in [0, 0.1) is 13.8 Å². The molecule has 0 fully saturated rings. The lowest BCUT2D eigenvalue weighted by Crippen LogP contribution is -2.02. The number of Topliss-reactive ketones (excluding diaryl/α,β-unsaturated/α-hetero) is 1. The highest BCUT2D eigenvalue weighted by Crippen LogP contribution is 2.23. The Morgan fingerprint density at radius 1 is 0.739 bits per heavy atom. The summed E-state index contributed by atoms with van der Waals surface area (Å²) in [5.74, 6) is 0.157. The molecule has 0 spiro atoms. The normalized spacial score (nSPS) is 10.5. The van der Waals surface area contributed by atoms with E-state index in [2.05, 4.69) is 44.2 Å². The van der Waals surface area contributed by atoms with Crippen LogP contribution in [0.5, 0.6) is 0 Å². The van der Waals surface area contributed by atoms with Crippen LogP contribution in [0.3, 0.4) is 0 Å². The maximum Gasteiger partial charge on any atom is 0.167 e. The van der Waals surface area contributed by atoms with Crippen LogP contribution < -0.4 is 0 Å². The Morgan fingerprint density at radius 2 is 1.39 bits per heavy atom. The smallest absolute Gasteiger partial charge is 0.167 e. The molecule has 0 bridgehead atoms. The van der Waals surface area contributed by atoms with E-state index in [0.717, 1.165) is 11.1 Å². The molecule has 0 amide bonds. The van der Waals surface area contributed by atoms with Crippen molar-refractivity contribution in [3.05, 3.63) is 95.1 Å². The van der Waals surface area contributed by atoms with E-state index < -0.39 is 0 Å². The number of hydrogen-bond acceptors (Lipinski definition) is 1. The first kappa shape index (κ1) is 15.2. The van der Waals surface area contributed by atoms with Crippen molar-refractivity contribution in [2.75, 3.05) is 0 Å². The SMILES string of the molecule is Cc1ccc(-c2ccc(CC(=O)c3ccccc3)cc2)cc1C. The number of hydrogen-bond donors (Lipinski definition) is 0. The van der Waals surface area contributed by atoms with Gasteiger partial charge in [0.1, 0.15) is 0 Å². The Labute approximate surface area is 137 Å². The number of ketones is 1. The first-order chi connectivity index (χ1) is 11.1. The van der Waals surface area contributed by atoms with Crippen LogP contribution in [0.1, 0.15) is 27.0 Å². The third kappa shape index (κ3) is 3.57. The molecular weight excluding hydrogens is 280 g/mol. The fourth-order valence-electron chi connectivity index (χ4n) is 2.65. The second-order valence-corrected chi connectivity index (χ2v) is 5.96. The van der Waals surface area contributed by atoms with Crippen LogP contribution in [0.25, 0.3) is 11.1 Å². The van der Waals surface area contributed by atoms with E-state index in [1.54, 1.807) is 0 Å². The van der Waals surface area contributed by atoms with Crippen LogP contribution in [-0.4, -0.2) is 5.78 Å². The van der Waals surface area contributed by atoms with Crippen LogP contribution in [0.2, 0.25) is 0 Å². The minimum Gasteiger partial charge on any atom is -0.294 e. The summed E-state index contributed by atoms with van der Waals surface area (Å²) in [5, 5.41) is 0. The maximum absolute atomic E-state index is 12.3. The molecule has 0 heterocycles. The lowest BCUT2D eigenvalue weighted by atomic mass is 9.97. The van der Waals surface area contributed by atoms with Gasteiger partial charge in [-0.2, -0.15) is 0 Å². The fourth-order valence-corrected chi connectivity index (χ4v) is 2.65. The van der Waals surface area contributed by atoms with E-state index in [1.165, 1.54) is 22.3 Å². The van der Waals surface area contributed by atoms with Crippen molar-refractivity contribution in [2.24, 2.45) is 0 Å². The number of carbonyl (C=O) groups excluding carboxylic acids is 1. The molecule has 3 rings (SSSR count). The third-order valence-electron chi connectivity index (χ3n) is 4.25. The lowest BCUT2D eigenvalue weighted by Gasteiger charge is -2.07. The molecule has 1 heteroatoms. The van der Waals surface area contributed by atoms with Gasteiger partial charge in [0.25, 0.3) is 0 Å². The van der Waals surface area contributed by atoms with Gasteiger partial charge in [0.15, 0.2) is 5.78 Å². The lowest BCUT2D eigenvalue weighted by molar-refractivity contribution is 0.0993. The molecule has 23 heavy (non-hydrogen) atoms. The summed E-state index contributed by atoms with van der Waals surface area (Å²) in [6.45, 7) is 4.25. The Kier molecular flexibility index (Phi) is 4.38. The van der Waals surface area contributed by atoms with E-state index in [0.29, 0.717) is 6.42 Å². The summed E-state index contributed by atoms with van der Waals surface area (Å²) in [6.07, 6.45) is 0.442. The van der Waals surface area contributed by atoms with Gasteiger partial charge >= 0.3 is 0 Å². The Bertz CT molecular complexity index is 814. The monoisotopic (exact) mass is 300 g/mol. The maximum atomic E-state index is 12.3. The van der Waals surface area contributed by atoms with Gasteiger partial charge in [-0.15, -0.1) is 0 Å². The van der Waals surface area contributed by atoms with Crippen molar-refractivity contribution in [3.8, 4) is 11.1 Å². The average Bonchev–Trinajstić information content (AvgIpc) is 2.59. The molecule has 114 valence electrons. The molecule has 0 saturated carbocycles. The highest BCUT2D eigenvalue weighted by molar-refractivity contribution is 5.97. The van der Waals surface area contributed by atoms with Gasteiger partial charge in [0, 0.05) is 12.0 Å². The first-order valence-electron chi connectivity index (χ1n) is 7.88. The van der Waals surface area contributed by atoms with Crippen LogP contribution >= 0.6 is 0 Å². The largest absolute Gasteiger partial charge is 0.294 e. The number of aryl methyl sites for hydroxylation is 2. The van der Waals surface area contributed by atoms with E-state index in [-0.39, 0.29) is 5.78 Å². The van der Waals surface area contributed by atoms with E-state index >= 15 is 0 Å². The standard InChI is InChI=1S/C22H20O/c1-16-8-11-21(14-17(16)2)19-12-9-18(10-13-19)15-22(23)20-6-4-3-5-7-20/h3-14H,15H2,1-2H3. The molecule has 3 aromatic rings. The molecule has 0 unspecified atom stereocenters. The van der Waals surface area contributed by atoms with Gasteiger partial charge in [-0.25, -0.2) is 0 Å². The van der Waals surface area contributed by atoms with Gasteiger partial charge in [0.05, 0.1) is 0 Å². The van der Waals surface area contributed by atoms with Gasteiger partial charge in [0.2, 0.25) is 0 Å². The quantitative estimate of drug-likeness (QED) is 0.590. The number of carbonyl (C=O) groups is 1. The molecule has 0 atom stereocenters. The number of rotatable bonds is 4. The predicted molar refractivity (Wildman–Crippen MR) is 95.8 cm³/mol. The van der Waals surface area contributed by atoms with Crippen molar-refractivity contribution in [3.63, 3.8) is 0 Å². The molecule has 1 nitrogen and oxygen atoms in total. The zero-order valence-electron chi connectivity index (χ0n) is 13.5. The summed E-state index contributed by atoms with van der Waals surface area (Å²) in [7, 11) is 0. The summed E-state index contributed by atoms with van der Waals surface area (Å²) in [4.78, 5) is 12.3. The molecule has 0 saturated heterocycles. The van der Waals surface area contributed by atoms with E-state index in [4.69, 9.17) is 0 Å². The van der Waals surface area contributed by atoms with Gasteiger partial charge in [-0.3, -0.25) is 4.79 Å². The highest BCUT2D eigenvalue weighted by Gasteiger charge is 2.07. The summed E-state index contributed by atoms with van der Waals surface area (Å²) >= 11 is 0. The van der Waals surface area contributed by atoms with Crippen molar-refractivity contribution in [1.82, 2.24) is 0 Å². The number of benzene rings is 3. The van der Waals surface area contributed by atoms with Crippen LogP contribution in [0.15, 0.2) is 72.8 Å². The van der Waals surface area contributed by atoms with Crippen molar-refractivity contribution >= 4 is 5.78 Å². The molecule has 3 aromatic carbocycles. The summed E-state index contributed by atoms with van der Waals surface area (Å²) < 4.78 is 0. The first-order valence-corrected chi connectivity index (χ1v) is 7.88. The minimum atomic E-state index is 0.157. The predicted octanol–water partition coefficient (Wildman–Crippen LogP) is 5.40. The molecule has 0 radical (unpaired) electrons. The van der Waals surface area contributed by atoms with Crippen LogP contribution in [0.4, 0.5) is 0 Å². The van der Waals surface area contributed by atoms with Gasteiger partial charge in [-0.1, -0.05) is 72.8 Å². The molecule has 0 aromatic heterocycles. The molecule has 0 aliphatic carbocycles. The van der Waals surface area contributed by atoms with Gasteiger partial charge in [-0.05, 0) is 41.7 Å². The second-order valence-electron chi connectivity index (χ2n) is 5.96. The van der Waals surface area contributed by atoms with Crippen molar-refractivity contribution in [1.29, 1.82) is 0 Å². The summed E-state index contributed by atoms with van der Waals surface area (Å²) in [5.41, 5.74) is 6.82. The van der Waals surface area contributed by atoms with Gasteiger partial charge < -0.3 is 0 Å². The Morgan fingerprint density at radius 3 is 2.04 bits per heavy atom. The zero-order chi connectivity index (χ0) is 16.2. The average molecular weight is 300 g/mol. The Balaban J connectivity index is 1.77. The Hall–Kier alpha value is -2.67. The molecular formula is C22H20O. The second kappa shape index (κ2) is 6.62.